The summed E-state index contributed by atoms with van der Waals surface area (Å²) in [5.74, 6) is 1.27. The van der Waals surface area contributed by atoms with Gasteiger partial charge in [0.2, 0.25) is 11.8 Å². The van der Waals surface area contributed by atoms with Crippen LogP contribution in [-0.2, 0) is 4.79 Å². The lowest BCUT2D eigenvalue weighted by Gasteiger charge is -2.33. The third kappa shape index (κ3) is 2.59. The number of nitrogens with zero attached hydrogens (tertiary/aromatic N) is 3. The smallest absolute Gasteiger partial charge is 0.316 e. The van der Waals surface area contributed by atoms with Crippen LogP contribution in [0.2, 0.25) is 0 Å². The second-order valence-corrected chi connectivity index (χ2v) is 7.26. The van der Waals surface area contributed by atoms with Gasteiger partial charge in [-0.05, 0) is 50.9 Å². The predicted molar refractivity (Wildman–Crippen MR) is 81.5 cm³/mol. The number of carbonyl (C=O) groups excluding carboxylic acids is 1. The predicted octanol–water partition coefficient (Wildman–Crippen LogP) is 2.54. The number of anilines is 1. The summed E-state index contributed by atoms with van der Waals surface area (Å²) in [4.78, 5) is 14.5. The first kappa shape index (κ1) is 14.0. The van der Waals surface area contributed by atoms with Crippen molar-refractivity contribution in [1.82, 2.24) is 15.1 Å². The van der Waals surface area contributed by atoms with Crippen LogP contribution in [0.25, 0.3) is 0 Å². The highest BCUT2D eigenvalue weighted by molar-refractivity contribution is 5.83. The van der Waals surface area contributed by atoms with Gasteiger partial charge in [0.05, 0.1) is 0 Å². The van der Waals surface area contributed by atoms with E-state index in [0.717, 1.165) is 38.8 Å². The second kappa shape index (κ2) is 5.25. The molecular weight excluding hydrogens is 280 g/mol. The first-order chi connectivity index (χ1) is 10.7. The molecule has 2 heterocycles. The second-order valence-electron chi connectivity index (χ2n) is 7.26. The maximum atomic E-state index is 12.5. The Morgan fingerprint density at radius 3 is 2.59 bits per heavy atom. The van der Waals surface area contributed by atoms with Crippen LogP contribution in [0.5, 0.6) is 0 Å². The average Bonchev–Trinajstić information content (AvgIpc) is 3.06. The average molecular weight is 304 g/mol. The molecule has 2 aliphatic carbocycles. The molecule has 6 nitrogen and oxygen atoms in total. The summed E-state index contributed by atoms with van der Waals surface area (Å²) in [5.41, 5.74) is 0.595. The fourth-order valence-electron chi connectivity index (χ4n) is 3.51. The topological polar surface area (TPSA) is 71.3 Å². The van der Waals surface area contributed by atoms with Gasteiger partial charge in [-0.2, -0.15) is 0 Å². The largest absolute Gasteiger partial charge is 0.408 e. The Labute approximate surface area is 130 Å². The van der Waals surface area contributed by atoms with Gasteiger partial charge in [-0.15, -0.1) is 5.10 Å². The summed E-state index contributed by atoms with van der Waals surface area (Å²) in [6.45, 7) is 3.65. The number of amides is 1. The molecule has 1 aliphatic heterocycles. The van der Waals surface area contributed by atoms with E-state index in [9.17, 15) is 4.79 Å². The first-order valence-electron chi connectivity index (χ1n) is 8.54. The number of rotatable bonds is 4. The molecule has 0 bridgehead atoms. The normalized spacial score (nSPS) is 24.9. The Bertz CT molecular complexity index is 552. The third-order valence-corrected chi connectivity index (χ3v) is 5.70. The van der Waals surface area contributed by atoms with Crippen molar-refractivity contribution in [1.29, 1.82) is 0 Å². The summed E-state index contributed by atoms with van der Waals surface area (Å²) >= 11 is 0. The van der Waals surface area contributed by atoms with E-state index in [2.05, 4.69) is 15.5 Å². The van der Waals surface area contributed by atoms with E-state index < -0.39 is 0 Å². The van der Waals surface area contributed by atoms with Gasteiger partial charge >= 0.3 is 6.01 Å². The van der Waals surface area contributed by atoms with Crippen molar-refractivity contribution in [3.05, 3.63) is 5.89 Å². The lowest BCUT2D eigenvalue weighted by atomic mass is 9.85. The van der Waals surface area contributed by atoms with Crippen molar-refractivity contribution < 1.29 is 9.21 Å². The SMILES string of the molecule is C[C@H](Nc1nnc(C2CCC2)o1)C(=O)N1CCC2(CC1)CC2. The molecule has 4 rings (SSSR count). The molecule has 1 atom stereocenters. The van der Waals surface area contributed by atoms with E-state index in [1.165, 1.54) is 19.3 Å². The highest BCUT2D eigenvalue weighted by Crippen LogP contribution is 2.53. The molecule has 1 aromatic heterocycles. The number of piperidine rings is 1. The maximum Gasteiger partial charge on any atom is 0.316 e. The van der Waals surface area contributed by atoms with Crippen LogP contribution in [-0.4, -0.2) is 40.1 Å². The van der Waals surface area contributed by atoms with E-state index >= 15 is 0 Å². The number of nitrogens with one attached hydrogen (secondary N) is 1. The molecule has 0 radical (unpaired) electrons. The molecule has 1 spiro atoms. The highest BCUT2D eigenvalue weighted by Gasteiger charge is 2.45. The Morgan fingerprint density at radius 1 is 1.27 bits per heavy atom. The van der Waals surface area contributed by atoms with Gasteiger partial charge in [-0.3, -0.25) is 4.79 Å². The molecule has 1 aromatic rings. The van der Waals surface area contributed by atoms with Crippen molar-refractivity contribution in [2.75, 3.05) is 18.4 Å². The molecule has 6 heteroatoms. The Balaban J connectivity index is 1.31. The standard InChI is InChI=1S/C16H24N4O2/c1-11(14(21)20-9-7-16(5-6-16)8-10-20)17-15-19-18-13(22-15)12-3-2-4-12/h11-12H,2-10H2,1H3,(H,17,19)/t11-/m0/s1. The molecule has 120 valence electrons. The molecule has 1 saturated heterocycles. The molecule has 1 N–H and O–H groups in total. The Hall–Kier alpha value is -1.59. The van der Waals surface area contributed by atoms with Crippen LogP contribution in [0.3, 0.4) is 0 Å². The summed E-state index contributed by atoms with van der Waals surface area (Å²) in [6, 6.07) is 0.0568. The van der Waals surface area contributed by atoms with E-state index in [0.29, 0.717) is 23.2 Å². The summed E-state index contributed by atoms with van der Waals surface area (Å²) in [5, 5.41) is 11.2. The van der Waals surface area contributed by atoms with Crippen LogP contribution in [0, 0.1) is 5.41 Å². The van der Waals surface area contributed by atoms with Crippen molar-refractivity contribution in [3.8, 4) is 0 Å². The lowest BCUT2D eigenvalue weighted by molar-refractivity contribution is -0.133. The van der Waals surface area contributed by atoms with Crippen molar-refractivity contribution >= 4 is 11.9 Å². The highest BCUT2D eigenvalue weighted by atomic mass is 16.4. The number of likely N-dealkylation sites (tertiary alicyclic amines) is 1. The minimum absolute atomic E-state index is 0.138. The molecule has 22 heavy (non-hydrogen) atoms. The zero-order valence-electron chi connectivity index (χ0n) is 13.2. The van der Waals surface area contributed by atoms with Gasteiger partial charge in [0.25, 0.3) is 0 Å². The van der Waals surface area contributed by atoms with Crippen LogP contribution in [0.1, 0.15) is 63.7 Å². The molecule has 0 unspecified atom stereocenters. The van der Waals surface area contributed by atoms with Crippen molar-refractivity contribution in [3.63, 3.8) is 0 Å². The number of carbonyl (C=O) groups is 1. The van der Waals surface area contributed by atoms with Gasteiger partial charge < -0.3 is 14.6 Å². The van der Waals surface area contributed by atoms with Crippen LogP contribution in [0.15, 0.2) is 4.42 Å². The monoisotopic (exact) mass is 304 g/mol. The maximum absolute atomic E-state index is 12.5. The van der Waals surface area contributed by atoms with E-state index in [1.54, 1.807) is 0 Å². The Kier molecular flexibility index (Phi) is 3.35. The Morgan fingerprint density at radius 2 is 2.00 bits per heavy atom. The minimum atomic E-state index is -0.317. The molecule has 1 amide bonds. The first-order valence-corrected chi connectivity index (χ1v) is 8.54. The van der Waals surface area contributed by atoms with Crippen molar-refractivity contribution in [2.24, 2.45) is 5.41 Å². The zero-order chi connectivity index (χ0) is 15.2. The van der Waals surface area contributed by atoms with E-state index in [4.69, 9.17) is 4.42 Å². The van der Waals surface area contributed by atoms with Crippen molar-refractivity contribution in [2.45, 2.75) is 63.8 Å². The fraction of sp³-hybridized carbons (Fsp3) is 0.812. The van der Waals surface area contributed by atoms with Crippen LogP contribution in [0.4, 0.5) is 6.01 Å². The summed E-state index contributed by atoms with van der Waals surface area (Å²) in [7, 11) is 0. The van der Waals surface area contributed by atoms with Gasteiger partial charge in [0, 0.05) is 19.0 Å². The van der Waals surface area contributed by atoms with E-state index in [1.807, 2.05) is 11.8 Å². The lowest BCUT2D eigenvalue weighted by Crippen LogP contribution is -2.45. The molecule has 0 aromatic carbocycles. The van der Waals surface area contributed by atoms with E-state index in [-0.39, 0.29) is 11.9 Å². The summed E-state index contributed by atoms with van der Waals surface area (Å²) < 4.78 is 5.63. The fourth-order valence-corrected chi connectivity index (χ4v) is 3.51. The van der Waals surface area contributed by atoms with Crippen LogP contribution >= 0.6 is 0 Å². The van der Waals surface area contributed by atoms with Gasteiger partial charge in [0.1, 0.15) is 6.04 Å². The number of hydrogen-bond acceptors (Lipinski definition) is 5. The van der Waals surface area contributed by atoms with Gasteiger partial charge in [-0.25, -0.2) is 0 Å². The summed E-state index contributed by atoms with van der Waals surface area (Å²) in [6.07, 6.45) is 8.54. The zero-order valence-corrected chi connectivity index (χ0v) is 13.2. The van der Waals surface area contributed by atoms with Gasteiger partial charge in [-0.1, -0.05) is 11.5 Å². The molecule has 3 aliphatic rings. The minimum Gasteiger partial charge on any atom is -0.408 e. The number of aromatic nitrogens is 2. The molecular formula is C16H24N4O2. The molecule has 3 fully saturated rings. The molecule has 2 saturated carbocycles. The quantitative estimate of drug-likeness (QED) is 0.925. The van der Waals surface area contributed by atoms with Gasteiger partial charge in [0.15, 0.2) is 0 Å². The van der Waals surface area contributed by atoms with Crippen LogP contribution < -0.4 is 5.32 Å². The third-order valence-electron chi connectivity index (χ3n) is 5.70. The number of hydrogen-bond donors (Lipinski definition) is 1.